The van der Waals surface area contributed by atoms with E-state index in [9.17, 15) is 14.7 Å². The molecule has 0 bridgehead atoms. The Morgan fingerprint density at radius 3 is 2.51 bits per heavy atom. The van der Waals surface area contributed by atoms with Gasteiger partial charge in [0.1, 0.15) is 11.9 Å². The molecule has 3 saturated heterocycles. The molecule has 5 rings (SSSR count). The van der Waals surface area contributed by atoms with E-state index in [0.717, 1.165) is 50.5 Å². The SMILES string of the molecule is O=C(O)C1CCN(CC2CN(C3CCN(c4ccnc(Nc5ccccc5)n4)CC3)C(=O)O2)CC1. The molecule has 2 N–H and O–H groups in total. The Morgan fingerprint density at radius 1 is 1.06 bits per heavy atom. The van der Waals surface area contributed by atoms with Gasteiger partial charge in [-0.05, 0) is 57.0 Å². The zero-order valence-electron chi connectivity index (χ0n) is 19.8. The molecular formula is C25H32N6O4. The summed E-state index contributed by atoms with van der Waals surface area (Å²) in [6.07, 6.45) is 4.41. The van der Waals surface area contributed by atoms with E-state index in [4.69, 9.17) is 4.74 Å². The van der Waals surface area contributed by atoms with Crippen LogP contribution >= 0.6 is 0 Å². The van der Waals surface area contributed by atoms with Gasteiger partial charge in [-0.15, -0.1) is 0 Å². The number of para-hydroxylation sites is 1. The lowest BCUT2D eigenvalue weighted by atomic mass is 9.97. The minimum Gasteiger partial charge on any atom is -0.481 e. The number of aliphatic carboxylic acids is 1. The first-order valence-corrected chi connectivity index (χ1v) is 12.4. The molecule has 4 heterocycles. The number of piperidine rings is 2. The van der Waals surface area contributed by atoms with Crippen LogP contribution in [0.5, 0.6) is 0 Å². The van der Waals surface area contributed by atoms with Gasteiger partial charge in [0, 0.05) is 37.6 Å². The van der Waals surface area contributed by atoms with Crippen molar-refractivity contribution in [2.24, 2.45) is 5.92 Å². The number of likely N-dealkylation sites (tertiary alicyclic amines) is 1. The van der Waals surface area contributed by atoms with Crippen molar-refractivity contribution >= 4 is 29.5 Å². The zero-order chi connectivity index (χ0) is 24.2. The van der Waals surface area contributed by atoms with Gasteiger partial charge in [-0.2, -0.15) is 4.98 Å². The van der Waals surface area contributed by atoms with Gasteiger partial charge in [0.05, 0.1) is 12.5 Å². The van der Waals surface area contributed by atoms with E-state index in [2.05, 4.69) is 25.1 Å². The number of carbonyl (C=O) groups excluding carboxylic acids is 1. The normalized spacial score (nSPS) is 22.3. The highest BCUT2D eigenvalue weighted by molar-refractivity contribution is 5.71. The van der Waals surface area contributed by atoms with E-state index in [1.165, 1.54) is 0 Å². The summed E-state index contributed by atoms with van der Waals surface area (Å²) in [5.41, 5.74) is 0.941. The molecule has 10 heteroatoms. The summed E-state index contributed by atoms with van der Waals surface area (Å²) in [5, 5.41) is 12.4. The summed E-state index contributed by atoms with van der Waals surface area (Å²) < 4.78 is 5.67. The highest BCUT2D eigenvalue weighted by atomic mass is 16.6. The Hall–Kier alpha value is -3.40. The molecule has 0 saturated carbocycles. The van der Waals surface area contributed by atoms with Crippen LogP contribution in [0.15, 0.2) is 42.6 Å². The first-order chi connectivity index (χ1) is 17.0. The number of rotatable bonds is 7. The molecular weight excluding hydrogens is 448 g/mol. The van der Waals surface area contributed by atoms with Gasteiger partial charge < -0.3 is 25.0 Å². The number of nitrogens with one attached hydrogen (secondary N) is 1. The van der Waals surface area contributed by atoms with E-state index in [-0.39, 0.29) is 24.2 Å². The third-order valence-corrected chi connectivity index (χ3v) is 7.20. The second-order valence-corrected chi connectivity index (χ2v) is 9.52. The van der Waals surface area contributed by atoms with Crippen molar-refractivity contribution in [2.45, 2.75) is 37.8 Å². The molecule has 186 valence electrons. The maximum absolute atomic E-state index is 12.6. The molecule has 10 nitrogen and oxygen atoms in total. The Labute approximate surface area is 204 Å². The summed E-state index contributed by atoms with van der Waals surface area (Å²) >= 11 is 0. The smallest absolute Gasteiger partial charge is 0.410 e. The minimum absolute atomic E-state index is 0.157. The molecule has 0 spiro atoms. The number of carbonyl (C=O) groups is 2. The van der Waals surface area contributed by atoms with Gasteiger partial charge in [0.25, 0.3) is 0 Å². The first-order valence-electron chi connectivity index (χ1n) is 12.4. The third kappa shape index (κ3) is 5.64. The number of cyclic esters (lactones) is 1. The number of nitrogens with zero attached hydrogens (tertiary/aromatic N) is 5. The number of carboxylic acid groups (broad SMARTS) is 1. The molecule has 1 amide bonds. The fourth-order valence-corrected chi connectivity index (χ4v) is 5.23. The van der Waals surface area contributed by atoms with Crippen molar-refractivity contribution in [1.82, 2.24) is 19.8 Å². The summed E-state index contributed by atoms with van der Waals surface area (Å²) in [7, 11) is 0. The molecule has 3 aliphatic heterocycles. The van der Waals surface area contributed by atoms with Gasteiger partial charge in [0.2, 0.25) is 5.95 Å². The topological polar surface area (TPSA) is 111 Å². The average molecular weight is 481 g/mol. The molecule has 0 radical (unpaired) electrons. The fraction of sp³-hybridized carbons (Fsp3) is 0.520. The summed E-state index contributed by atoms with van der Waals surface area (Å²) in [4.78, 5) is 39.1. The standard InChI is InChI=1S/C25H32N6O4/c32-23(33)18-7-12-29(13-8-18)16-21-17-31(25(34)35-21)20-9-14-30(15-10-20)22-6-11-26-24(28-22)27-19-4-2-1-3-5-19/h1-6,11,18,20-21H,7-10,12-17H2,(H,32,33)(H,26,27,28). The molecule has 35 heavy (non-hydrogen) atoms. The van der Waals surface area contributed by atoms with Crippen LogP contribution in [-0.2, 0) is 9.53 Å². The number of ether oxygens (including phenoxy) is 1. The predicted octanol–water partition coefficient (Wildman–Crippen LogP) is 2.81. The second kappa shape index (κ2) is 10.5. The number of hydrogen-bond donors (Lipinski definition) is 2. The van der Waals surface area contributed by atoms with Crippen LogP contribution in [0.3, 0.4) is 0 Å². The van der Waals surface area contributed by atoms with Gasteiger partial charge in [-0.3, -0.25) is 9.69 Å². The van der Waals surface area contributed by atoms with Crippen molar-refractivity contribution in [3.63, 3.8) is 0 Å². The molecule has 1 aromatic heterocycles. The van der Waals surface area contributed by atoms with Crippen molar-refractivity contribution < 1.29 is 19.4 Å². The first kappa shape index (κ1) is 23.3. The van der Waals surface area contributed by atoms with E-state index >= 15 is 0 Å². The lowest BCUT2D eigenvalue weighted by Crippen LogP contribution is -2.46. The zero-order valence-corrected chi connectivity index (χ0v) is 19.8. The van der Waals surface area contributed by atoms with Crippen molar-refractivity contribution in [3.8, 4) is 0 Å². The van der Waals surface area contributed by atoms with Crippen molar-refractivity contribution in [3.05, 3.63) is 42.6 Å². The average Bonchev–Trinajstić information content (AvgIpc) is 3.25. The van der Waals surface area contributed by atoms with Gasteiger partial charge in [0.15, 0.2) is 0 Å². The number of anilines is 3. The third-order valence-electron chi connectivity index (χ3n) is 7.20. The van der Waals surface area contributed by atoms with Crippen LogP contribution in [0.25, 0.3) is 0 Å². The fourth-order valence-electron chi connectivity index (χ4n) is 5.23. The van der Waals surface area contributed by atoms with Gasteiger partial charge >= 0.3 is 12.1 Å². The van der Waals surface area contributed by atoms with E-state index in [0.29, 0.717) is 31.9 Å². The Morgan fingerprint density at radius 2 is 1.80 bits per heavy atom. The van der Waals surface area contributed by atoms with Crippen LogP contribution < -0.4 is 10.2 Å². The molecule has 2 aromatic rings. The van der Waals surface area contributed by atoms with Gasteiger partial charge in [-0.1, -0.05) is 18.2 Å². The quantitative estimate of drug-likeness (QED) is 0.618. The van der Waals surface area contributed by atoms with Crippen molar-refractivity contribution in [1.29, 1.82) is 0 Å². The molecule has 1 aromatic carbocycles. The van der Waals surface area contributed by atoms with Crippen LogP contribution in [0.1, 0.15) is 25.7 Å². The molecule has 3 fully saturated rings. The lowest BCUT2D eigenvalue weighted by Gasteiger charge is -2.36. The van der Waals surface area contributed by atoms with Crippen LogP contribution in [0.4, 0.5) is 22.2 Å². The monoisotopic (exact) mass is 480 g/mol. The summed E-state index contributed by atoms with van der Waals surface area (Å²) in [6.45, 7) is 4.37. The Balaban J connectivity index is 1.11. The largest absolute Gasteiger partial charge is 0.481 e. The maximum atomic E-state index is 12.6. The number of amides is 1. The molecule has 1 unspecified atom stereocenters. The summed E-state index contributed by atoms with van der Waals surface area (Å²) in [6, 6.07) is 11.9. The number of hydrogen-bond acceptors (Lipinski definition) is 8. The van der Waals surface area contributed by atoms with Crippen LogP contribution in [0.2, 0.25) is 0 Å². The lowest BCUT2D eigenvalue weighted by molar-refractivity contribution is -0.143. The maximum Gasteiger partial charge on any atom is 0.410 e. The van der Waals surface area contributed by atoms with Crippen LogP contribution in [0, 0.1) is 5.92 Å². The van der Waals surface area contributed by atoms with E-state index < -0.39 is 5.97 Å². The van der Waals surface area contributed by atoms with Crippen LogP contribution in [-0.4, -0.2) is 88.4 Å². The number of aromatic nitrogens is 2. The van der Waals surface area contributed by atoms with E-state index in [1.54, 1.807) is 6.20 Å². The minimum atomic E-state index is -0.708. The second-order valence-electron chi connectivity index (χ2n) is 9.52. The molecule has 1 atom stereocenters. The Kier molecular flexibility index (Phi) is 6.98. The summed E-state index contributed by atoms with van der Waals surface area (Å²) in [5.74, 6) is 0.483. The molecule has 3 aliphatic rings. The van der Waals surface area contributed by atoms with E-state index in [1.807, 2.05) is 41.3 Å². The highest BCUT2D eigenvalue weighted by Crippen LogP contribution is 2.26. The van der Waals surface area contributed by atoms with Gasteiger partial charge in [-0.25, -0.2) is 9.78 Å². The van der Waals surface area contributed by atoms with Crippen molar-refractivity contribution in [2.75, 3.05) is 49.5 Å². The predicted molar refractivity (Wildman–Crippen MR) is 131 cm³/mol. The molecule has 0 aliphatic carbocycles. The highest BCUT2D eigenvalue weighted by Gasteiger charge is 2.38. The Bertz CT molecular complexity index is 1020. The number of carboxylic acids is 1. The number of benzene rings is 1.